The molecular weight excluding hydrogens is 140 g/mol. The SMILES string of the molecule is C1CNC2(CN1)COC2.CC. The summed E-state index contributed by atoms with van der Waals surface area (Å²) in [5, 5.41) is 6.78. The molecular formula is C8H18N2O. The molecule has 0 aromatic carbocycles. The van der Waals surface area contributed by atoms with Gasteiger partial charge in [0.1, 0.15) is 0 Å². The van der Waals surface area contributed by atoms with E-state index < -0.39 is 0 Å². The normalized spacial score (nSPS) is 26.7. The minimum absolute atomic E-state index is 0.318. The van der Waals surface area contributed by atoms with Crippen LogP contribution in [-0.4, -0.2) is 38.4 Å². The Morgan fingerprint density at radius 1 is 1.18 bits per heavy atom. The highest BCUT2D eigenvalue weighted by Crippen LogP contribution is 2.16. The second-order valence-corrected chi connectivity index (χ2v) is 2.88. The summed E-state index contributed by atoms with van der Waals surface area (Å²) in [5.74, 6) is 0. The molecule has 11 heavy (non-hydrogen) atoms. The maximum atomic E-state index is 5.11. The van der Waals surface area contributed by atoms with E-state index >= 15 is 0 Å². The predicted octanol–water partition coefficient (Wildman–Crippen LogP) is -0.0256. The summed E-state index contributed by atoms with van der Waals surface area (Å²) >= 11 is 0. The van der Waals surface area contributed by atoms with Gasteiger partial charge in [-0.15, -0.1) is 0 Å². The number of hydrogen-bond acceptors (Lipinski definition) is 3. The minimum atomic E-state index is 0.318. The maximum Gasteiger partial charge on any atom is 0.0780 e. The van der Waals surface area contributed by atoms with Crippen LogP contribution in [0.1, 0.15) is 13.8 Å². The first-order valence-electron chi connectivity index (χ1n) is 4.45. The fourth-order valence-electron chi connectivity index (χ4n) is 1.36. The summed E-state index contributed by atoms with van der Waals surface area (Å²) in [4.78, 5) is 0. The Morgan fingerprint density at radius 2 is 1.91 bits per heavy atom. The van der Waals surface area contributed by atoms with Gasteiger partial charge in [-0.3, -0.25) is 0 Å². The molecule has 0 saturated carbocycles. The molecule has 2 rings (SSSR count). The van der Waals surface area contributed by atoms with Crippen molar-refractivity contribution in [3.8, 4) is 0 Å². The molecule has 0 aliphatic carbocycles. The highest BCUT2D eigenvalue weighted by molar-refractivity contribution is 4.98. The Hall–Kier alpha value is -0.120. The zero-order chi connectivity index (χ0) is 8.16. The summed E-state index contributed by atoms with van der Waals surface area (Å²) in [6, 6.07) is 0. The first-order chi connectivity index (χ1) is 5.41. The predicted molar refractivity (Wildman–Crippen MR) is 45.8 cm³/mol. The van der Waals surface area contributed by atoms with Gasteiger partial charge in [0.25, 0.3) is 0 Å². The van der Waals surface area contributed by atoms with Crippen LogP contribution in [0.2, 0.25) is 0 Å². The highest BCUT2D eigenvalue weighted by atomic mass is 16.5. The van der Waals surface area contributed by atoms with Crippen molar-refractivity contribution >= 4 is 0 Å². The molecule has 0 amide bonds. The van der Waals surface area contributed by atoms with E-state index in [-0.39, 0.29) is 0 Å². The Labute approximate surface area is 68.5 Å². The highest BCUT2D eigenvalue weighted by Gasteiger charge is 2.38. The molecule has 2 saturated heterocycles. The number of hydrogen-bond donors (Lipinski definition) is 2. The summed E-state index contributed by atoms with van der Waals surface area (Å²) in [7, 11) is 0. The molecule has 2 N–H and O–H groups in total. The Bertz CT molecular complexity index is 105. The van der Waals surface area contributed by atoms with E-state index in [0.29, 0.717) is 5.54 Å². The minimum Gasteiger partial charge on any atom is -0.377 e. The molecule has 66 valence electrons. The van der Waals surface area contributed by atoms with E-state index in [1.807, 2.05) is 13.8 Å². The summed E-state index contributed by atoms with van der Waals surface area (Å²) in [6.07, 6.45) is 0. The van der Waals surface area contributed by atoms with E-state index in [1.165, 1.54) is 0 Å². The monoisotopic (exact) mass is 158 g/mol. The van der Waals surface area contributed by atoms with Crippen molar-refractivity contribution in [1.82, 2.24) is 10.6 Å². The largest absolute Gasteiger partial charge is 0.377 e. The molecule has 2 heterocycles. The van der Waals surface area contributed by atoms with Gasteiger partial charge in [-0.1, -0.05) is 13.8 Å². The van der Waals surface area contributed by atoms with Crippen LogP contribution < -0.4 is 10.6 Å². The quantitative estimate of drug-likeness (QED) is 0.519. The molecule has 0 aromatic heterocycles. The van der Waals surface area contributed by atoms with Gasteiger partial charge in [-0.05, 0) is 0 Å². The summed E-state index contributed by atoms with van der Waals surface area (Å²) < 4.78 is 5.11. The average Bonchev–Trinajstić information content (AvgIpc) is 2.07. The van der Waals surface area contributed by atoms with E-state index in [1.54, 1.807) is 0 Å². The second-order valence-electron chi connectivity index (χ2n) is 2.88. The van der Waals surface area contributed by atoms with E-state index in [4.69, 9.17) is 4.74 Å². The van der Waals surface area contributed by atoms with Crippen molar-refractivity contribution in [2.45, 2.75) is 19.4 Å². The van der Waals surface area contributed by atoms with E-state index in [2.05, 4.69) is 10.6 Å². The van der Waals surface area contributed by atoms with Gasteiger partial charge in [-0.25, -0.2) is 0 Å². The lowest BCUT2D eigenvalue weighted by molar-refractivity contribution is -0.0787. The van der Waals surface area contributed by atoms with Crippen molar-refractivity contribution in [1.29, 1.82) is 0 Å². The number of nitrogens with one attached hydrogen (secondary N) is 2. The lowest BCUT2D eigenvalue weighted by Gasteiger charge is -2.45. The van der Waals surface area contributed by atoms with Crippen molar-refractivity contribution in [2.75, 3.05) is 32.8 Å². The molecule has 3 heteroatoms. The van der Waals surface area contributed by atoms with Gasteiger partial charge in [0.05, 0.1) is 18.8 Å². The molecule has 2 fully saturated rings. The number of ether oxygens (including phenoxy) is 1. The van der Waals surface area contributed by atoms with Gasteiger partial charge >= 0.3 is 0 Å². The molecule has 0 atom stereocenters. The van der Waals surface area contributed by atoms with Crippen molar-refractivity contribution in [2.24, 2.45) is 0 Å². The zero-order valence-corrected chi connectivity index (χ0v) is 7.44. The molecule has 3 nitrogen and oxygen atoms in total. The molecule has 0 radical (unpaired) electrons. The van der Waals surface area contributed by atoms with Crippen LogP contribution in [-0.2, 0) is 4.74 Å². The van der Waals surface area contributed by atoms with Crippen molar-refractivity contribution < 1.29 is 4.74 Å². The van der Waals surface area contributed by atoms with Gasteiger partial charge in [-0.2, -0.15) is 0 Å². The topological polar surface area (TPSA) is 33.3 Å². The van der Waals surface area contributed by atoms with E-state index in [0.717, 1.165) is 32.8 Å². The van der Waals surface area contributed by atoms with Crippen molar-refractivity contribution in [3.05, 3.63) is 0 Å². The second kappa shape index (κ2) is 4.04. The van der Waals surface area contributed by atoms with Crippen molar-refractivity contribution in [3.63, 3.8) is 0 Å². The van der Waals surface area contributed by atoms with Crippen LogP contribution in [0.4, 0.5) is 0 Å². The standard InChI is InChI=1S/C6H12N2O.C2H6/c1-2-8-6(3-7-1)4-9-5-6;1-2/h7-8H,1-5H2;1-2H3. The third-order valence-corrected chi connectivity index (χ3v) is 2.02. The molecule has 0 unspecified atom stereocenters. The summed E-state index contributed by atoms with van der Waals surface area (Å²) in [5.41, 5.74) is 0.318. The molecule has 2 aliphatic rings. The fraction of sp³-hybridized carbons (Fsp3) is 1.00. The molecule has 1 spiro atoms. The third kappa shape index (κ3) is 1.92. The van der Waals surface area contributed by atoms with Gasteiger partial charge in [0.2, 0.25) is 0 Å². The van der Waals surface area contributed by atoms with Gasteiger partial charge < -0.3 is 15.4 Å². The van der Waals surface area contributed by atoms with Crippen LogP contribution in [0.5, 0.6) is 0 Å². The first-order valence-corrected chi connectivity index (χ1v) is 4.45. The summed E-state index contributed by atoms with van der Waals surface area (Å²) in [6.45, 7) is 9.04. The smallest absolute Gasteiger partial charge is 0.0780 e. The first kappa shape index (κ1) is 8.97. The lowest BCUT2D eigenvalue weighted by atomic mass is 9.96. The van der Waals surface area contributed by atoms with Gasteiger partial charge in [0, 0.05) is 19.6 Å². The van der Waals surface area contributed by atoms with Crippen LogP contribution in [0.25, 0.3) is 0 Å². The molecule has 0 bridgehead atoms. The third-order valence-electron chi connectivity index (χ3n) is 2.02. The average molecular weight is 158 g/mol. The Kier molecular flexibility index (Phi) is 3.30. The lowest BCUT2D eigenvalue weighted by Crippen LogP contribution is -2.69. The maximum absolute atomic E-state index is 5.11. The number of piperazine rings is 1. The molecule has 0 aromatic rings. The van der Waals surface area contributed by atoms with E-state index in [9.17, 15) is 0 Å². The van der Waals surface area contributed by atoms with Crippen LogP contribution in [0.3, 0.4) is 0 Å². The molecule has 2 aliphatic heterocycles. The zero-order valence-electron chi connectivity index (χ0n) is 7.44. The fourth-order valence-corrected chi connectivity index (χ4v) is 1.36. The Balaban J connectivity index is 0.000000281. The van der Waals surface area contributed by atoms with Crippen LogP contribution in [0, 0.1) is 0 Å². The van der Waals surface area contributed by atoms with Gasteiger partial charge in [0.15, 0.2) is 0 Å². The van der Waals surface area contributed by atoms with Crippen LogP contribution >= 0.6 is 0 Å². The van der Waals surface area contributed by atoms with Crippen LogP contribution in [0.15, 0.2) is 0 Å². The Morgan fingerprint density at radius 3 is 2.18 bits per heavy atom. The number of rotatable bonds is 0.